The summed E-state index contributed by atoms with van der Waals surface area (Å²) in [7, 11) is 0. The van der Waals surface area contributed by atoms with Gasteiger partial charge in [-0.3, -0.25) is 4.90 Å². The molecule has 2 nitrogen and oxygen atoms in total. The molecule has 0 spiro atoms. The van der Waals surface area contributed by atoms with E-state index >= 15 is 0 Å². The molecule has 1 unspecified atom stereocenters. The normalized spacial score (nSPS) is 20.1. The lowest BCUT2D eigenvalue weighted by Gasteiger charge is -2.18. The van der Waals surface area contributed by atoms with Crippen LogP contribution in [0.5, 0.6) is 0 Å². The van der Waals surface area contributed by atoms with Gasteiger partial charge in [-0.25, -0.2) is 0 Å². The standard InChI is InChI=1S/C16H23F3N2/c1-12-3-4-14(7-13(12)2)8-20-9-15-5-6-21(10-15)11-16(17,18)19/h3-4,7,15,20H,5-6,8-11H2,1-2H3. The highest BCUT2D eigenvalue weighted by Gasteiger charge is 2.34. The molecule has 1 aromatic carbocycles. The maximum absolute atomic E-state index is 12.3. The van der Waals surface area contributed by atoms with E-state index in [4.69, 9.17) is 0 Å². The van der Waals surface area contributed by atoms with Crippen LogP contribution in [0.4, 0.5) is 13.2 Å². The Hall–Kier alpha value is -1.07. The van der Waals surface area contributed by atoms with Crippen LogP contribution in [0.3, 0.4) is 0 Å². The molecule has 118 valence electrons. The Bertz CT molecular complexity index is 471. The van der Waals surface area contributed by atoms with Gasteiger partial charge in [-0.05, 0) is 56.0 Å². The van der Waals surface area contributed by atoms with Crippen LogP contribution in [0.15, 0.2) is 18.2 Å². The molecule has 0 radical (unpaired) electrons. The number of alkyl halides is 3. The Morgan fingerprint density at radius 3 is 2.67 bits per heavy atom. The van der Waals surface area contributed by atoms with Crippen molar-refractivity contribution in [3.05, 3.63) is 34.9 Å². The number of benzene rings is 1. The van der Waals surface area contributed by atoms with Gasteiger partial charge < -0.3 is 5.32 Å². The fourth-order valence-electron chi connectivity index (χ4n) is 2.81. The molecule has 0 amide bonds. The third kappa shape index (κ3) is 5.32. The van der Waals surface area contributed by atoms with Crippen molar-refractivity contribution in [1.29, 1.82) is 0 Å². The predicted octanol–water partition coefficient (Wildman–Crippen LogP) is 3.28. The fraction of sp³-hybridized carbons (Fsp3) is 0.625. The van der Waals surface area contributed by atoms with E-state index < -0.39 is 12.7 Å². The lowest BCUT2D eigenvalue weighted by Crippen LogP contribution is -2.33. The summed E-state index contributed by atoms with van der Waals surface area (Å²) < 4.78 is 37.0. The van der Waals surface area contributed by atoms with Gasteiger partial charge in [0.2, 0.25) is 0 Å². The zero-order valence-corrected chi connectivity index (χ0v) is 12.6. The van der Waals surface area contributed by atoms with E-state index in [2.05, 4.69) is 37.4 Å². The van der Waals surface area contributed by atoms with E-state index in [-0.39, 0.29) is 0 Å². The molecule has 1 fully saturated rings. The number of halogens is 3. The number of aryl methyl sites for hydroxylation is 2. The number of hydrogen-bond acceptors (Lipinski definition) is 2. The number of likely N-dealkylation sites (tertiary alicyclic amines) is 1. The minimum Gasteiger partial charge on any atom is -0.312 e. The molecular formula is C16H23F3N2. The molecule has 1 aliphatic rings. The van der Waals surface area contributed by atoms with Crippen molar-refractivity contribution in [3.8, 4) is 0 Å². The highest BCUT2D eigenvalue weighted by molar-refractivity contribution is 5.29. The summed E-state index contributed by atoms with van der Waals surface area (Å²) in [6.45, 7) is 6.04. The molecule has 0 saturated carbocycles. The number of rotatable bonds is 5. The molecule has 1 saturated heterocycles. The average Bonchev–Trinajstić information content (AvgIpc) is 2.79. The van der Waals surface area contributed by atoms with E-state index in [1.165, 1.54) is 21.6 Å². The van der Waals surface area contributed by atoms with Gasteiger partial charge in [0, 0.05) is 13.1 Å². The summed E-state index contributed by atoms with van der Waals surface area (Å²) in [4.78, 5) is 1.50. The molecule has 2 rings (SSSR count). The molecule has 1 atom stereocenters. The van der Waals surface area contributed by atoms with Gasteiger partial charge in [0.25, 0.3) is 0 Å². The van der Waals surface area contributed by atoms with E-state index in [1.54, 1.807) is 0 Å². The van der Waals surface area contributed by atoms with Crippen LogP contribution >= 0.6 is 0 Å². The summed E-state index contributed by atoms with van der Waals surface area (Å²) in [5.74, 6) is 0.318. The lowest BCUT2D eigenvalue weighted by molar-refractivity contribution is -0.143. The van der Waals surface area contributed by atoms with Gasteiger partial charge in [-0.15, -0.1) is 0 Å². The molecule has 1 aliphatic heterocycles. The summed E-state index contributed by atoms with van der Waals surface area (Å²) in [5, 5.41) is 3.37. The zero-order valence-electron chi connectivity index (χ0n) is 12.6. The monoisotopic (exact) mass is 300 g/mol. The second kappa shape index (κ2) is 6.79. The predicted molar refractivity (Wildman–Crippen MR) is 78.2 cm³/mol. The van der Waals surface area contributed by atoms with Gasteiger partial charge in [-0.2, -0.15) is 13.2 Å². The molecule has 5 heteroatoms. The second-order valence-electron chi connectivity index (χ2n) is 6.05. The van der Waals surface area contributed by atoms with E-state index in [0.29, 0.717) is 19.0 Å². The van der Waals surface area contributed by atoms with Crippen molar-refractivity contribution >= 4 is 0 Å². The highest BCUT2D eigenvalue weighted by Crippen LogP contribution is 2.22. The maximum atomic E-state index is 12.3. The Morgan fingerprint density at radius 1 is 1.24 bits per heavy atom. The van der Waals surface area contributed by atoms with Gasteiger partial charge in [0.05, 0.1) is 6.54 Å². The third-order valence-corrected chi connectivity index (χ3v) is 4.11. The lowest BCUT2D eigenvalue weighted by atomic mass is 10.1. The topological polar surface area (TPSA) is 15.3 Å². The van der Waals surface area contributed by atoms with Crippen LogP contribution in [-0.4, -0.2) is 37.3 Å². The summed E-state index contributed by atoms with van der Waals surface area (Å²) in [6.07, 6.45) is -3.24. The molecule has 1 aromatic rings. The van der Waals surface area contributed by atoms with Crippen molar-refractivity contribution in [2.45, 2.75) is 33.0 Å². The average molecular weight is 300 g/mol. The molecule has 1 heterocycles. The molecule has 1 N–H and O–H groups in total. The Morgan fingerprint density at radius 2 is 2.00 bits per heavy atom. The summed E-state index contributed by atoms with van der Waals surface area (Å²) in [5.41, 5.74) is 3.77. The first-order valence-corrected chi connectivity index (χ1v) is 7.39. The van der Waals surface area contributed by atoms with Crippen molar-refractivity contribution in [2.75, 3.05) is 26.2 Å². The second-order valence-corrected chi connectivity index (χ2v) is 6.05. The van der Waals surface area contributed by atoms with Gasteiger partial charge in [-0.1, -0.05) is 18.2 Å². The first-order chi connectivity index (χ1) is 9.83. The van der Waals surface area contributed by atoms with Gasteiger partial charge in [0.15, 0.2) is 0 Å². The molecule has 21 heavy (non-hydrogen) atoms. The zero-order chi connectivity index (χ0) is 15.5. The van der Waals surface area contributed by atoms with Crippen LogP contribution in [-0.2, 0) is 6.54 Å². The van der Waals surface area contributed by atoms with Crippen LogP contribution in [0.1, 0.15) is 23.1 Å². The fourth-order valence-corrected chi connectivity index (χ4v) is 2.81. The largest absolute Gasteiger partial charge is 0.401 e. The van der Waals surface area contributed by atoms with E-state index in [1.807, 2.05) is 0 Å². The van der Waals surface area contributed by atoms with Crippen molar-refractivity contribution in [3.63, 3.8) is 0 Å². The van der Waals surface area contributed by atoms with Crippen molar-refractivity contribution < 1.29 is 13.2 Å². The quantitative estimate of drug-likeness (QED) is 0.898. The van der Waals surface area contributed by atoms with E-state index in [9.17, 15) is 13.2 Å². The van der Waals surface area contributed by atoms with Gasteiger partial charge in [0.1, 0.15) is 0 Å². The minimum absolute atomic E-state index is 0.318. The Balaban J connectivity index is 1.71. The Kier molecular flexibility index (Phi) is 5.27. The number of hydrogen-bond donors (Lipinski definition) is 1. The SMILES string of the molecule is Cc1ccc(CNCC2CCN(CC(F)(F)F)C2)cc1C. The summed E-state index contributed by atoms with van der Waals surface area (Å²) >= 11 is 0. The number of nitrogens with zero attached hydrogens (tertiary/aromatic N) is 1. The molecule has 0 aromatic heterocycles. The Labute approximate surface area is 124 Å². The van der Waals surface area contributed by atoms with Crippen LogP contribution in [0.25, 0.3) is 0 Å². The molecular weight excluding hydrogens is 277 g/mol. The molecule has 0 aliphatic carbocycles. The van der Waals surface area contributed by atoms with Crippen LogP contribution < -0.4 is 5.32 Å². The highest BCUT2D eigenvalue weighted by atomic mass is 19.4. The minimum atomic E-state index is -4.08. The maximum Gasteiger partial charge on any atom is 0.401 e. The first-order valence-electron chi connectivity index (χ1n) is 7.39. The van der Waals surface area contributed by atoms with Crippen LogP contribution in [0, 0.1) is 19.8 Å². The van der Waals surface area contributed by atoms with Crippen molar-refractivity contribution in [1.82, 2.24) is 10.2 Å². The summed E-state index contributed by atoms with van der Waals surface area (Å²) in [6, 6.07) is 6.36. The van der Waals surface area contributed by atoms with Crippen molar-refractivity contribution in [2.24, 2.45) is 5.92 Å². The number of nitrogens with one attached hydrogen (secondary N) is 1. The third-order valence-electron chi connectivity index (χ3n) is 4.11. The van der Waals surface area contributed by atoms with E-state index in [0.717, 1.165) is 19.5 Å². The smallest absolute Gasteiger partial charge is 0.312 e. The first kappa shape index (κ1) is 16.3. The van der Waals surface area contributed by atoms with Crippen LogP contribution in [0.2, 0.25) is 0 Å². The van der Waals surface area contributed by atoms with Gasteiger partial charge >= 0.3 is 6.18 Å². The molecule has 0 bridgehead atoms.